The van der Waals surface area contributed by atoms with Crippen molar-refractivity contribution in [1.82, 2.24) is 9.97 Å². The summed E-state index contributed by atoms with van der Waals surface area (Å²) in [5.74, 6) is -0.0328. The molecule has 2 aromatic heterocycles. The van der Waals surface area contributed by atoms with E-state index < -0.39 is 10.5 Å². The van der Waals surface area contributed by atoms with Crippen molar-refractivity contribution in [2.24, 2.45) is 5.92 Å². The number of hydrogen-bond donors (Lipinski definition) is 0. The molecule has 0 spiro atoms. The lowest BCUT2D eigenvalue weighted by Gasteiger charge is -2.30. The van der Waals surface area contributed by atoms with Crippen LogP contribution in [0.3, 0.4) is 0 Å². The lowest BCUT2D eigenvalue weighted by atomic mass is 9.97. The van der Waals surface area contributed by atoms with Crippen LogP contribution in [0.25, 0.3) is 11.0 Å². The van der Waals surface area contributed by atoms with Crippen molar-refractivity contribution in [2.45, 2.75) is 19.8 Å². The van der Waals surface area contributed by atoms with Crippen LogP contribution in [0.1, 0.15) is 19.8 Å². The molecular formula is C21H20N4O7. The zero-order valence-corrected chi connectivity index (χ0v) is 17.2. The summed E-state index contributed by atoms with van der Waals surface area (Å²) in [7, 11) is 0. The van der Waals surface area contributed by atoms with Gasteiger partial charge in [-0.2, -0.15) is 4.98 Å². The number of esters is 1. The van der Waals surface area contributed by atoms with E-state index in [-0.39, 0.29) is 29.4 Å². The molecular weight excluding hydrogens is 420 g/mol. The van der Waals surface area contributed by atoms with Gasteiger partial charge in [-0.25, -0.2) is 9.78 Å². The lowest BCUT2D eigenvalue weighted by Crippen LogP contribution is -2.37. The predicted molar refractivity (Wildman–Crippen MR) is 113 cm³/mol. The topological polar surface area (TPSA) is 138 Å². The number of nitro groups is 1. The van der Waals surface area contributed by atoms with Gasteiger partial charge in [0.05, 0.1) is 17.4 Å². The summed E-state index contributed by atoms with van der Waals surface area (Å²) in [5, 5.41) is 12.1. The van der Waals surface area contributed by atoms with Crippen molar-refractivity contribution in [3.63, 3.8) is 0 Å². The Morgan fingerprint density at radius 1 is 1.28 bits per heavy atom. The van der Waals surface area contributed by atoms with Crippen LogP contribution in [0.2, 0.25) is 0 Å². The maximum absolute atomic E-state index is 11.9. The van der Waals surface area contributed by atoms with Gasteiger partial charge in [0.2, 0.25) is 5.95 Å². The zero-order valence-electron chi connectivity index (χ0n) is 17.2. The summed E-state index contributed by atoms with van der Waals surface area (Å²) < 4.78 is 15.9. The van der Waals surface area contributed by atoms with Gasteiger partial charge >= 0.3 is 23.2 Å². The quantitative estimate of drug-likeness (QED) is 0.243. The maximum atomic E-state index is 11.9. The number of carbonyl (C=O) groups is 1. The fraction of sp³-hybridized carbons (Fsp3) is 0.333. The van der Waals surface area contributed by atoms with E-state index >= 15 is 0 Å². The van der Waals surface area contributed by atoms with Gasteiger partial charge in [-0.3, -0.25) is 14.9 Å². The smallest absolute Gasteiger partial charge is 0.349 e. The molecule has 32 heavy (non-hydrogen) atoms. The number of aromatic nitrogens is 2. The SMILES string of the molecule is CCOC(=O)C1CCN(c2ncc([N+](=O)[O-])c(Oc3ccc4oc(=O)ccc4c3)n2)CC1. The zero-order chi connectivity index (χ0) is 22.7. The molecule has 3 heterocycles. The van der Waals surface area contributed by atoms with Crippen LogP contribution in [0.5, 0.6) is 11.6 Å². The van der Waals surface area contributed by atoms with Gasteiger partial charge in [-0.15, -0.1) is 0 Å². The molecule has 0 saturated carbocycles. The van der Waals surface area contributed by atoms with Crippen molar-refractivity contribution in [2.75, 3.05) is 24.6 Å². The summed E-state index contributed by atoms with van der Waals surface area (Å²) in [5.41, 5.74) is -0.490. The summed E-state index contributed by atoms with van der Waals surface area (Å²) in [6.07, 6.45) is 2.26. The van der Waals surface area contributed by atoms with Gasteiger partial charge in [-0.05, 0) is 44.0 Å². The number of benzene rings is 1. The van der Waals surface area contributed by atoms with Gasteiger partial charge in [0.1, 0.15) is 17.5 Å². The largest absolute Gasteiger partial charge is 0.466 e. The second-order valence-electron chi connectivity index (χ2n) is 7.19. The minimum absolute atomic E-state index is 0.183. The third kappa shape index (κ3) is 4.51. The van der Waals surface area contributed by atoms with E-state index in [0.717, 1.165) is 6.20 Å². The van der Waals surface area contributed by atoms with E-state index in [2.05, 4.69) is 9.97 Å². The van der Waals surface area contributed by atoms with Gasteiger partial charge in [-0.1, -0.05) is 0 Å². The van der Waals surface area contributed by atoms with Gasteiger partial charge in [0, 0.05) is 24.5 Å². The molecule has 0 unspecified atom stereocenters. The van der Waals surface area contributed by atoms with Crippen LogP contribution >= 0.6 is 0 Å². The minimum Gasteiger partial charge on any atom is -0.466 e. The molecule has 4 rings (SSSR count). The molecule has 11 nitrogen and oxygen atoms in total. The first-order valence-electron chi connectivity index (χ1n) is 10.1. The molecule has 1 saturated heterocycles. The number of hydrogen-bond acceptors (Lipinski definition) is 10. The highest BCUT2D eigenvalue weighted by atomic mass is 16.6. The fourth-order valence-electron chi connectivity index (χ4n) is 3.50. The molecule has 0 aliphatic carbocycles. The Labute approximate surface area is 181 Å². The van der Waals surface area contributed by atoms with E-state index in [1.807, 2.05) is 4.90 Å². The first kappa shape index (κ1) is 21.2. The van der Waals surface area contributed by atoms with Gasteiger partial charge in [0.25, 0.3) is 0 Å². The normalized spacial score (nSPS) is 14.3. The van der Waals surface area contributed by atoms with E-state index in [0.29, 0.717) is 49.3 Å². The molecule has 166 valence electrons. The van der Waals surface area contributed by atoms with Crippen LogP contribution in [0.4, 0.5) is 11.6 Å². The lowest BCUT2D eigenvalue weighted by molar-refractivity contribution is -0.386. The molecule has 3 aromatic rings. The highest BCUT2D eigenvalue weighted by molar-refractivity contribution is 5.78. The minimum atomic E-state index is -0.619. The Morgan fingerprint density at radius 2 is 2.06 bits per heavy atom. The monoisotopic (exact) mass is 440 g/mol. The molecule has 0 atom stereocenters. The van der Waals surface area contributed by atoms with Crippen LogP contribution in [0.15, 0.2) is 45.7 Å². The summed E-state index contributed by atoms with van der Waals surface area (Å²) in [4.78, 5) is 44.4. The van der Waals surface area contributed by atoms with Gasteiger partial charge in [0.15, 0.2) is 0 Å². The Kier molecular flexibility index (Phi) is 5.97. The van der Waals surface area contributed by atoms with E-state index in [4.69, 9.17) is 13.9 Å². The second-order valence-corrected chi connectivity index (χ2v) is 7.19. The number of nitrogens with zero attached hydrogens (tertiary/aromatic N) is 4. The average Bonchev–Trinajstić information content (AvgIpc) is 2.79. The highest BCUT2D eigenvalue weighted by Crippen LogP contribution is 2.32. The summed E-state index contributed by atoms with van der Waals surface area (Å²) >= 11 is 0. The van der Waals surface area contributed by atoms with Crippen molar-refractivity contribution in [3.8, 4) is 11.6 Å². The molecule has 0 radical (unpaired) electrons. The highest BCUT2D eigenvalue weighted by Gasteiger charge is 2.29. The van der Waals surface area contributed by atoms with Crippen LogP contribution < -0.4 is 15.3 Å². The maximum Gasteiger partial charge on any atom is 0.349 e. The third-order valence-electron chi connectivity index (χ3n) is 5.12. The predicted octanol–water partition coefficient (Wildman–Crippen LogP) is 3.06. The average molecular weight is 440 g/mol. The summed E-state index contributed by atoms with van der Waals surface area (Å²) in [6.45, 7) is 3.13. The number of fused-ring (bicyclic) bond motifs is 1. The van der Waals surface area contributed by atoms with Crippen molar-refractivity contribution in [1.29, 1.82) is 0 Å². The molecule has 1 aliphatic rings. The Hall–Kier alpha value is -4.02. The first-order valence-corrected chi connectivity index (χ1v) is 10.1. The van der Waals surface area contributed by atoms with E-state index in [1.54, 1.807) is 25.1 Å². The standard InChI is InChI=1S/C21H20N4O7/c1-2-30-20(27)13-7-9-24(10-8-13)21-22-12-16(25(28)29)19(23-21)31-15-4-5-17-14(11-15)3-6-18(26)32-17/h3-6,11-13H,2,7-10H2,1H3. The number of ether oxygens (including phenoxy) is 2. The number of piperidine rings is 1. The van der Waals surface area contributed by atoms with Crippen LogP contribution in [-0.2, 0) is 9.53 Å². The molecule has 1 fully saturated rings. The molecule has 1 aliphatic heterocycles. The van der Waals surface area contributed by atoms with Crippen molar-refractivity contribution < 1.29 is 23.6 Å². The fourth-order valence-corrected chi connectivity index (χ4v) is 3.50. The Morgan fingerprint density at radius 3 is 2.78 bits per heavy atom. The number of anilines is 1. The summed E-state index contributed by atoms with van der Waals surface area (Å²) in [6, 6.07) is 7.51. The molecule has 0 bridgehead atoms. The number of carbonyl (C=O) groups excluding carboxylic acids is 1. The Balaban J connectivity index is 1.56. The van der Waals surface area contributed by atoms with Crippen LogP contribution in [0, 0.1) is 16.0 Å². The third-order valence-corrected chi connectivity index (χ3v) is 5.12. The second kappa shape index (κ2) is 9.00. The van der Waals surface area contributed by atoms with Gasteiger partial charge < -0.3 is 18.8 Å². The molecule has 0 N–H and O–H groups in total. The Bertz CT molecular complexity index is 1220. The molecule has 11 heteroatoms. The molecule has 1 aromatic carbocycles. The van der Waals surface area contributed by atoms with Crippen LogP contribution in [-0.4, -0.2) is 40.6 Å². The first-order chi connectivity index (χ1) is 15.4. The number of rotatable bonds is 6. The van der Waals surface area contributed by atoms with E-state index in [9.17, 15) is 19.7 Å². The molecule has 0 amide bonds. The van der Waals surface area contributed by atoms with Crippen molar-refractivity contribution in [3.05, 3.63) is 57.1 Å². The van der Waals surface area contributed by atoms with E-state index in [1.165, 1.54) is 12.1 Å². The van der Waals surface area contributed by atoms with Crippen molar-refractivity contribution >= 4 is 28.6 Å².